The van der Waals surface area contributed by atoms with Gasteiger partial charge in [0.25, 0.3) is 0 Å². The number of carbonyl (C=O) groups is 1. The van der Waals surface area contributed by atoms with E-state index < -0.39 is 0 Å². The summed E-state index contributed by atoms with van der Waals surface area (Å²) in [6.07, 6.45) is 0. The van der Waals surface area contributed by atoms with E-state index in [1.807, 2.05) is 19.1 Å². The molecule has 0 heterocycles. The molecule has 0 aliphatic heterocycles. The van der Waals surface area contributed by atoms with Crippen LogP contribution >= 0.6 is 0 Å². The van der Waals surface area contributed by atoms with E-state index in [9.17, 15) is 4.79 Å². The van der Waals surface area contributed by atoms with Crippen LogP contribution in [0, 0.1) is 18.3 Å². The van der Waals surface area contributed by atoms with Crippen molar-refractivity contribution in [3.63, 3.8) is 0 Å². The average Bonchev–Trinajstić information content (AvgIpc) is 2.01. The highest BCUT2D eigenvalue weighted by atomic mass is 16.1. The Bertz CT molecular complexity index is 377. The second-order valence-electron chi connectivity index (χ2n) is 2.88. The van der Waals surface area contributed by atoms with E-state index in [4.69, 9.17) is 5.26 Å². The molecule has 0 bridgehead atoms. The van der Waals surface area contributed by atoms with Gasteiger partial charge >= 0.3 is 0 Å². The summed E-state index contributed by atoms with van der Waals surface area (Å²) in [5.74, 6) is -0.130. The van der Waals surface area contributed by atoms with Gasteiger partial charge in [-0.3, -0.25) is 4.79 Å². The van der Waals surface area contributed by atoms with Crippen molar-refractivity contribution < 1.29 is 4.79 Å². The van der Waals surface area contributed by atoms with Gasteiger partial charge in [0, 0.05) is 12.6 Å². The van der Waals surface area contributed by atoms with Gasteiger partial charge < -0.3 is 5.32 Å². The van der Waals surface area contributed by atoms with Gasteiger partial charge in [-0.15, -0.1) is 0 Å². The molecule has 13 heavy (non-hydrogen) atoms. The van der Waals surface area contributed by atoms with E-state index in [0.717, 1.165) is 5.56 Å². The molecule has 0 fully saturated rings. The fourth-order valence-electron chi connectivity index (χ4n) is 1.12. The van der Waals surface area contributed by atoms with Crippen molar-refractivity contribution in [3.05, 3.63) is 29.3 Å². The van der Waals surface area contributed by atoms with Crippen LogP contribution in [0.2, 0.25) is 0 Å². The zero-order valence-electron chi connectivity index (χ0n) is 7.59. The first-order valence-corrected chi connectivity index (χ1v) is 3.91. The lowest BCUT2D eigenvalue weighted by atomic mass is 10.1. The van der Waals surface area contributed by atoms with Crippen molar-refractivity contribution in [2.24, 2.45) is 0 Å². The summed E-state index contributed by atoms with van der Waals surface area (Å²) in [7, 11) is 0. The third-order valence-electron chi connectivity index (χ3n) is 1.53. The van der Waals surface area contributed by atoms with Gasteiger partial charge in [-0.1, -0.05) is 0 Å². The normalized spacial score (nSPS) is 9.00. The van der Waals surface area contributed by atoms with E-state index in [0.29, 0.717) is 11.3 Å². The largest absolute Gasteiger partial charge is 0.326 e. The molecular weight excluding hydrogens is 164 g/mol. The van der Waals surface area contributed by atoms with Crippen molar-refractivity contribution in [2.75, 3.05) is 5.32 Å². The summed E-state index contributed by atoms with van der Waals surface area (Å²) >= 11 is 0. The lowest BCUT2D eigenvalue weighted by molar-refractivity contribution is -0.114. The van der Waals surface area contributed by atoms with Crippen LogP contribution in [0.5, 0.6) is 0 Å². The Balaban J connectivity index is 3.03. The lowest BCUT2D eigenvalue weighted by Gasteiger charge is -2.03. The molecule has 1 aromatic rings. The highest BCUT2D eigenvalue weighted by molar-refractivity contribution is 5.88. The zero-order chi connectivity index (χ0) is 9.84. The minimum Gasteiger partial charge on any atom is -0.326 e. The number of carbonyl (C=O) groups excluding carboxylic acids is 1. The third kappa shape index (κ3) is 2.60. The van der Waals surface area contributed by atoms with Gasteiger partial charge in [-0.2, -0.15) is 5.26 Å². The number of hydrogen-bond donors (Lipinski definition) is 1. The van der Waals surface area contributed by atoms with Gasteiger partial charge in [0.1, 0.15) is 0 Å². The second kappa shape index (κ2) is 3.72. The number of nitriles is 1. The van der Waals surface area contributed by atoms with E-state index in [1.165, 1.54) is 6.92 Å². The number of amides is 1. The molecule has 0 atom stereocenters. The molecule has 3 nitrogen and oxygen atoms in total. The summed E-state index contributed by atoms with van der Waals surface area (Å²) in [6, 6.07) is 7.27. The summed E-state index contributed by atoms with van der Waals surface area (Å²) < 4.78 is 0. The fourth-order valence-corrected chi connectivity index (χ4v) is 1.12. The average molecular weight is 174 g/mol. The fraction of sp³-hybridized carbons (Fsp3) is 0.200. The third-order valence-corrected chi connectivity index (χ3v) is 1.53. The van der Waals surface area contributed by atoms with Crippen LogP contribution in [0.3, 0.4) is 0 Å². The maximum Gasteiger partial charge on any atom is 0.221 e. The van der Waals surface area contributed by atoms with Crippen LogP contribution in [0.25, 0.3) is 0 Å². The molecule has 3 heteroatoms. The van der Waals surface area contributed by atoms with Crippen LogP contribution in [-0.2, 0) is 4.79 Å². The number of aryl methyl sites for hydroxylation is 1. The monoisotopic (exact) mass is 174 g/mol. The number of anilines is 1. The van der Waals surface area contributed by atoms with E-state index in [1.54, 1.807) is 12.1 Å². The maximum atomic E-state index is 10.7. The molecule has 66 valence electrons. The topological polar surface area (TPSA) is 52.9 Å². The van der Waals surface area contributed by atoms with Crippen LogP contribution < -0.4 is 5.32 Å². The van der Waals surface area contributed by atoms with E-state index in [2.05, 4.69) is 5.32 Å². The predicted octanol–water partition coefficient (Wildman–Crippen LogP) is 1.83. The lowest BCUT2D eigenvalue weighted by Crippen LogP contribution is -2.05. The smallest absolute Gasteiger partial charge is 0.221 e. The van der Waals surface area contributed by atoms with Gasteiger partial charge in [0.05, 0.1) is 11.6 Å². The Morgan fingerprint density at radius 2 is 2.15 bits per heavy atom. The maximum absolute atomic E-state index is 10.7. The summed E-state index contributed by atoms with van der Waals surface area (Å²) in [5, 5.41) is 11.3. The zero-order valence-corrected chi connectivity index (χ0v) is 7.59. The number of rotatable bonds is 1. The van der Waals surface area contributed by atoms with Crippen molar-refractivity contribution in [1.29, 1.82) is 5.26 Å². The molecule has 0 aliphatic carbocycles. The molecule has 1 amide bonds. The number of nitrogens with one attached hydrogen (secondary N) is 1. The Morgan fingerprint density at radius 3 is 2.69 bits per heavy atom. The first-order chi connectivity index (χ1) is 6.11. The van der Waals surface area contributed by atoms with Crippen LogP contribution in [0.1, 0.15) is 18.1 Å². The minimum atomic E-state index is -0.130. The molecule has 0 aromatic heterocycles. The first-order valence-electron chi connectivity index (χ1n) is 3.91. The Hall–Kier alpha value is -1.82. The highest BCUT2D eigenvalue weighted by Crippen LogP contribution is 2.13. The molecule has 0 spiro atoms. The van der Waals surface area contributed by atoms with Gasteiger partial charge in [0.2, 0.25) is 5.91 Å². The molecule has 0 saturated heterocycles. The van der Waals surface area contributed by atoms with E-state index in [-0.39, 0.29) is 5.91 Å². The number of benzene rings is 1. The van der Waals surface area contributed by atoms with Gasteiger partial charge in [-0.25, -0.2) is 0 Å². The highest BCUT2D eigenvalue weighted by Gasteiger charge is 1.98. The Morgan fingerprint density at radius 1 is 1.46 bits per heavy atom. The van der Waals surface area contributed by atoms with Gasteiger partial charge in [-0.05, 0) is 30.7 Å². The first kappa shape index (κ1) is 9.27. The summed E-state index contributed by atoms with van der Waals surface area (Å²) in [5.41, 5.74) is 2.19. The summed E-state index contributed by atoms with van der Waals surface area (Å²) in [4.78, 5) is 10.7. The number of nitrogens with zero attached hydrogens (tertiary/aromatic N) is 1. The van der Waals surface area contributed by atoms with Crippen LogP contribution in [-0.4, -0.2) is 5.91 Å². The van der Waals surface area contributed by atoms with Crippen molar-refractivity contribution in [1.82, 2.24) is 0 Å². The molecule has 0 radical (unpaired) electrons. The van der Waals surface area contributed by atoms with Crippen molar-refractivity contribution >= 4 is 11.6 Å². The minimum absolute atomic E-state index is 0.130. The number of hydrogen-bond acceptors (Lipinski definition) is 2. The van der Waals surface area contributed by atoms with Crippen molar-refractivity contribution in [3.8, 4) is 6.07 Å². The predicted molar refractivity (Wildman–Crippen MR) is 50.2 cm³/mol. The molecule has 1 N–H and O–H groups in total. The molecule has 0 aliphatic rings. The SMILES string of the molecule is CC(=O)Nc1cc(C)cc(C#N)c1. The summed E-state index contributed by atoms with van der Waals surface area (Å²) in [6.45, 7) is 3.32. The quantitative estimate of drug-likeness (QED) is 0.706. The van der Waals surface area contributed by atoms with Gasteiger partial charge in [0.15, 0.2) is 0 Å². The van der Waals surface area contributed by atoms with Crippen LogP contribution in [0.4, 0.5) is 5.69 Å². The molecule has 1 rings (SSSR count). The Kier molecular flexibility index (Phi) is 2.65. The molecule has 0 unspecified atom stereocenters. The second-order valence-corrected chi connectivity index (χ2v) is 2.88. The molecular formula is C10H10N2O. The van der Waals surface area contributed by atoms with Crippen LogP contribution in [0.15, 0.2) is 18.2 Å². The van der Waals surface area contributed by atoms with E-state index >= 15 is 0 Å². The molecule has 0 saturated carbocycles. The standard InChI is InChI=1S/C10H10N2O/c1-7-3-9(6-11)5-10(4-7)12-8(2)13/h3-5H,1-2H3,(H,12,13). The Labute approximate surface area is 77.0 Å². The van der Waals surface area contributed by atoms with Crippen molar-refractivity contribution in [2.45, 2.75) is 13.8 Å². The molecule has 1 aromatic carbocycles.